The lowest BCUT2D eigenvalue weighted by molar-refractivity contribution is -0.137. The van der Waals surface area contributed by atoms with Crippen molar-refractivity contribution in [3.05, 3.63) is 60.2 Å². The molecule has 11 heteroatoms. The summed E-state index contributed by atoms with van der Waals surface area (Å²) in [5.74, 6) is -1.03. The highest BCUT2D eigenvalue weighted by Gasteiger charge is 2.33. The average molecular weight is 487 g/mol. The lowest BCUT2D eigenvalue weighted by Crippen LogP contribution is -2.47. The first kappa shape index (κ1) is 25.0. The number of hydrogen-bond acceptors (Lipinski definition) is 5. The molecule has 2 unspecified atom stereocenters. The number of nitrogens with one attached hydrogen (secondary N) is 1. The summed E-state index contributed by atoms with van der Waals surface area (Å²) >= 11 is 0. The summed E-state index contributed by atoms with van der Waals surface area (Å²) in [6.07, 6.45) is -4.64. The molecule has 2 aromatic rings. The Balaban J connectivity index is 1.49. The first-order valence-electron chi connectivity index (χ1n) is 10.4. The molecule has 33 heavy (non-hydrogen) atoms. The highest BCUT2D eigenvalue weighted by Crippen LogP contribution is 2.31. The first-order chi connectivity index (χ1) is 15.6. The molecule has 0 aliphatic carbocycles. The topological polar surface area (TPSA) is 95.9 Å². The minimum Gasteiger partial charge on any atom is -0.491 e. The van der Waals surface area contributed by atoms with Crippen LogP contribution < -0.4 is 10.1 Å². The molecule has 1 fully saturated rings. The molecule has 0 bridgehead atoms. The second kappa shape index (κ2) is 10.5. The molecule has 0 radical (unpaired) electrons. The second-order valence-electron chi connectivity index (χ2n) is 7.75. The normalized spacial score (nSPS) is 18.5. The van der Waals surface area contributed by atoms with Crippen molar-refractivity contribution in [3.63, 3.8) is 0 Å². The van der Waals surface area contributed by atoms with E-state index >= 15 is 0 Å². The number of alkyl halides is 3. The van der Waals surface area contributed by atoms with Crippen LogP contribution in [0.1, 0.15) is 18.4 Å². The van der Waals surface area contributed by atoms with Gasteiger partial charge in [0.05, 0.1) is 16.4 Å². The molecule has 1 amide bonds. The number of carbonyl (C=O) groups is 1. The van der Waals surface area contributed by atoms with Gasteiger partial charge in [0, 0.05) is 19.6 Å². The fraction of sp³-hybridized carbons (Fsp3) is 0.409. The molecule has 1 aliphatic heterocycles. The molecular weight excluding hydrogens is 461 g/mol. The highest BCUT2D eigenvalue weighted by atomic mass is 32.2. The van der Waals surface area contributed by atoms with Crippen LogP contribution in [-0.2, 0) is 21.0 Å². The van der Waals surface area contributed by atoms with Gasteiger partial charge in [0.25, 0.3) is 0 Å². The van der Waals surface area contributed by atoms with Crippen LogP contribution >= 0.6 is 0 Å². The molecule has 2 atom stereocenters. The van der Waals surface area contributed by atoms with E-state index in [0.29, 0.717) is 19.4 Å². The molecule has 2 N–H and O–H groups in total. The van der Waals surface area contributed by atoms with Gasteiger partial charge in [-0.15, -0.1) is 0 Å². The van der Waals surface area contributed by atoms with Gasteiger partial charge >= 0.3 is 6.18 Å². The zero-order valence-corrected chi connectivity index (χ0v) is 18.5. The Morgan fingerprint density at radius 1 is 1.18 bits per heavy atom. The molecule has 1 saturated heterocycles. The van der Waals surface area contributed by atoms with Crippen molar-refractivity contribution in [3.8, 4) is 5.75 Å². The molecule has 1 aliphatic rings. The van der Waals surface area contributed by atoms with Crippen molar-refractivity contribution < 1.29 is 36.2 Å². The van der Waals surface area contributed by atoms with E-state index in [1.165, 1.54) is 28.6 Å². The number of rotatable bonds is 8. The Hall–Kier alpha value is -2.63. The first-order valence-corrected chi connectivity index (χ1v) is 11.8. The average Bonchev–Trinajstić information content (AvgIpc) is 2.81. The summed E-state index contributed by atoms with van der Waals surface area (Å²) in [5, 5.41) is 12.6. The van der Waals surface area contributed by atoms with E-state index < -0.39 is 39.7 Å². The Labute approximate surface area is 190 Å². The molecule has 0 saturated carbocycles. The lowest BCUT2D eigenvalue weighted by Gasteiger charge is -2.31. The van der Waals surface area contributed by atoms with Crippen LogP contribution in [0.3, 0.4) is 0 Å². The molecule has 0 aromatic heterocycles. The van der Waals surface area contributed by atoms with Crippen molar-refractivity contribution in [1.29, 1.82) is 0 Å². The number of amides is 1. The largest absolute Gasteiger partial charge is 0.491 e. The number of benzene rings is 2. The summed E-state index contributed by atoms with van der Waals surface area (Å²) in [7, 11) is -3.71. The number of piperidine rings is 1. The minimum atomic E-state index is -4.51. The number of halogens is 3. The third-order valence-electron chi connectivity index (χ3n) is 5.25. The minimum absolute atomic E-state index is 0.0277. The van der Waals surface area contributed by atoms with Crippen LogP contribution in [0.4, 0.5) is 13.2 Å². The number of aliphatic hydroxyl groups is 1. The summed E-state index contributed by atoms with van der Waals surface area (Å²) in [4.78, 5) is 12.7. The van der Waals surface area contributed by atoms with Gasteiger partial charge in [-0.25, -0.2) is 8.42 Å². The summed E-state index contributed by atoms with van der Waals surface area (Å²) in [6.45, 7) is -0.158. The Bertz CT molecular complexity index is 1050. The predicted octanol–water partition coefficient (Wildman–Crippen LogP) is 2.66. The van der Waals surface area contributed by atoms with E-state index in [1.54, 1.807) is 18.2 Å². The van der Waals surface area contributed by atoms with Crippen LogP contribution in [0, 0.1) is 5.92 Å². The molecule has 180 valence electrons. The van der Waals surface area contributed by atoms with Crippen LogP contribution in [0.2, 0.25) is 0 Å². The maximum atomic E-state index is 12.8. The van der Waals surface area contributed by atoms with Gasteiger partial charge in [0.2, 0.25) is 15.9 Å². The second-order valence-corrected chi connectivity index (χ2v) is 9.69. The van der Waals surface area contributed by atoms with Gasteiger partial charge in [0.15, 0.2) is 0 Å². The van der Waals surface area contributed by atoms with Crippen LogP contribution in [0.25, 0.3) is 0 Å². The predicted molar refractivity (Wildman–Crippen MR) is 114 cm³/mol. The highest BCUT2D eigenvalue weighted by molar-refractivity contribution is 7.89. The third kappa shape index (κ3) is 6.68. The van der Waals surface area contributed by atoms with Crippen molar-refractivity contribution in [2.24, 2.45) is 5.92 Å². The number of ether oxygens (including phenoxy) is 1. The molecular formula is C22H25F3N2O5S. The summed E-state index contributed by atoms with van der Waals surface area (Å²) in [6, 6.07) is 12.2. The number of aliphatic hydroxyl groups excluding tert-OH is 1. The monoisotopic (exact) mass is 486 g/mol. The number of nitrogens with zero attached hydrogens (tertiary/aromatic N) is 1. The zero-order valence-electron chi connectivity index (χ0n) is 17.7. The van der Waals surface area contributed by atoms with Gasteiger partial charge in [-0.3, -0.25) is 4.79 Å². The zero-order chi connectivity index (χ0) is 24.1. The molecule has 2 aromatic carbocycles. The maximum absolute atomic E-state index is 12.8. The number of sulfonamides is 1. The Morgan fingerprint density at radius 2 is 1.91 bits per heavy atom. The fourth-order valence-corrected chi connectivity index (χ4v) is 5.04. The van der Waals surface area contributed by atoms with E-state index in [1.807, 2.05) is 0 Å². The Kier molecular flexibility index (Phi) is 7.98. The van der Waals surface area contributed by atoms with Gasteiger partial charge in [-0.2, -0.15) is 17.5 Å². The Morgan fingerprint density at radius 3 is 2.61 bits per heavy atom. The number of hydrogen-bond donors (Lipinski definition) is 2. The van der Waals surface area contributed by atoms with Crippen molar-refractivity contribution in [2.75, 3.05) is 26.2 Å². The van der Waals surface area contributed by atoms with Crippen LogP contribution in [0.15, 0.2) is 59.5 Å². The smallest absolute Gasteiger partial charge is 0.416 e. The van der Waals surface area contributed by atoms with E-state index in [9.17, 15) is 31.5 Å². The third-order valence-corrected chi connectivity index (χ3v) is 7.13. The van der Waals surface area contributed by atoms with Crippen molar-refractivity contribution >= 4 is 15.9 Å². The summed E-state index contributed by atoms with van der Waals surface area (Å²) < 4.78 is 70.3. The molecule has 1 heterocycles. The van der Waals surface area contributed by atoms with Gasteiger partial charge in [0.1, 0.15) is 18.5 Å². The van der Waals surface area contributed by atoms with Gasteiger partial charge in [-0.05, 0) is 43.2 Å². The van der Waals surface area contributed by atoms with E-state index in [0.717, 1.165) is 12.1 Å². The fourth-order valence-electron chi connectivity index (χ4n) is 3.49. The van der Waals surface area contributed by atoms with Gasteiger partial charge in [-0.1, -0.05) is 24.3 Å². The molecule has 7 nitrogen and oxygen atoms in total. The quantitative estimate of drug-likeness (QED) is 0.598. The van der Waals surface area contributed by atoms with E-state index in [2.05, 4.69) is 5.32 Å². The SMILES string of the molecule is O=C(NCC(O)COc1cccc(C(F)(F)F)c1)C1CCCN(S(=O)(=O)c2ccccc2)C1. The number of carbonyl (C=O) groups excluding carboxylic acids is 1. The maximum Gasteiger partial charge on any atom is 0.416 e. The van der Waals surface area contributed by atoms with E-state index in [-0.39, 0.29) is 30.3 Å². The van der Waals surface area contributed by atoms with E-state index in [4.69, 9.17) is 4.74 Å². The van der Waals surface area contributed by atoms with Crippen LogP contribution in [0.5, 0.6) is 5.75 Å². The lowest BCUT2D eigenvalue weighted by atomic mass is 9.99. The summed E-state index contributed by atoms with van der Waals surface area (Å²) in [5.41, 5.74) is -0.866. The standard InChI is InChI=1S/C22H25F3N2O5S/c23-22(24,25)17-7-4-8-19(12-17)32-15-18(28)13-26-21(29)16-6-5-11-27(14-16)33(30,31)20-9-2-1-3-10-20/h1-4,7-10,12,16,18,28H,5-6,11,13-15H2,(H,26,29). The van der Waals surface area contributed by atoms with Crippen molar-refractivity contribution in [1.82, 2.24) is 9.62 Å². The van der Waals surface area contributed by atoms with Crippen LogP contribution in [-0.4, -0.2) is 56.1 Å². The van der Waals surface area contributed by atoms with Crippen molar-refractivity contribution in [2.45, 2.75) is 30.0 Å². The molecule has 3 rings (SSSR count). The van der Waals surface area contributed by atoms with Gasteiger partial charge < -0.3 is 15.2 Å². The molecule has 0 spiro atoms.